The van der Waals surface area contributed by atoms with Crippen LogP contribution >= 0.6 is 0 Å². The topological polar surface area (TPSA) is 43.4 Å². The summed E-state index contributed by atoms with van der Waals surface area (Å²) in [6.07, 6.45) is 0.780. The highest BCUT2D eigenvalue weighted by Gasteiger charge is 2.38. The van der Waals surface area contributed by atoms with Crippen molar-refractivity contribution in [1.29, 1.82) is 0 Å². The van der Waals surface area contributed by atoms with Crippen molar-refractivity contribution in [1.82, 2.24) is 0 Å². The van der Waals surface area contributed by atoms with Crippen LogP contribution in [0, 0.1) is 5.92 Å². The standard InChI is InChI=1S/C14H16O3/c1-3-10-4-6-11(7-5-10)14-12(9(2)15)8-13(16)17-14/h4-7,12,14H,3,8H2,1-2H3/t12-,14-/m1/s1. The van der Waals surface area contributed by atoms with Gasteiger partial charge in [-0.15, -0.1) is 0 Å². The van der Waals surface area contributed by atoms with Gasteiger partial charge in [0.1, 0.15) is 11.9 Å². The molecule has 0 bridgehead atoms. The van der Waals surface area contributed by atoms with Crippen molar-refractivity contribution < 1.29 is 14.3 Å². The van der Waals surface area contributed by atoms with E-state index in [0.717, 1.165) is 12.0 Å². The van der Waals surface area contributed by atoms with Crippen molar-refractivity contribution in [2.45, 2.75) is 32.8 Å². The lowest BCUT2D eigenvalue weighted by Gasteiger charge is -2.15. The minimum atomic E-state index is -0.397. The van der Waals surface area contributed by atoms with Crippen molar-refractivity contribution in [3.8, 4) is 0 Å². The van der Waals surface area contributed by atoms with E-state index in [-0.39, 0.29) is 24.1 Å². The Hall–Kier alpha value is -1.64. The Morgan fingerprint density at radius 2 is 2.00 bits per heavy atom. The maximum absolute atomic E-state index is 11.5. The third-order valence-electron chi connectivity index (χ3n) is 3.25. The summed E-state index contributed by atoms with van der Waals surface area (Å²) in [5, 5.41) is 0. The zero-order valence-electron chi connectivity index (χ0n) is 10.1. The number of rotatable bonds is 3. The van der Waals surface area contributed by atoms with E-state index in [0.29, 0.717) is 0 Å². The van der Waals surface area contributed by atoms with Crippen LogP contribution in [0.3, 0.4) is 0 Å². The van der Waals surface area contributed by atoms with Gasteiger partial charge in [-0.2, -0.15) is 0 Å². The molecule has 0 N–H and O–H groups in total. The lowest BCUT2D eigenvalue weighted by atomic mass is 9.91. The van der Waals surface area contributed by atoms with Gasteiger partial charge in [0.25, 0.3) is 0 Å². The van der Waals surface area contributed by atoms with Crippen molar-refractivity contribution >= 4 is 11.8 Å². The van der Waals surface area contributed by atoms with E-state index < -0.39 is 6.10 Å². The Bertz CT molecular complexity index is 433. The highest BCUT2D eigenvalue weighted by atomic mass is 16.6. The summed E-state index contributed by atoms with van der Waals surface area (Å²) in [6, 6.07) is 7.91. The smallest absolute Gasteiger partial charge is 0.307 e. The fourth-order valence-electron chi connectivity index (χ4n) is 2.16. The maximum Gasteiger partial charge on any atom is 0.307 e. The van der Waals surface area contributed by atoms with Gasteiger partial charge >= 0.3 is 5.97 Å². The van der Waals surface area contributed by atoms with E-state index >= 15 is 0 Å². The lowest BCUT2D eigenvalue weighted by molar-refractivity contribution is -0.141. The predicted molar refractivity (Wildman–Crippen MR) is 63.4 cm³/mol. The molecule has 3 heteroatoms. The number of carbonyl (C=O) groups excluding carboxylic acids is 2. The average molecular weight is 232 g/mol. The van der Waals surface area contributed by atoms with Crippen LogP contribution in [0.1, 0.15) is 37.5 Å². The molecule has 2 atom stereocenters. The number of hydrogen-bond acceptors (Lipinski definition) is 3. The van der Waals surface area contributed by atoms with Crippen LogP contribution in [0.5, 0.6) is 0 Å². The Labute approximate surface area is 101 Å². The molecule has 1 heterocycles. The number of hydrogen-bond donors (Lipinski definition) is 0. The molecule has 0 aliphatic carbocycles. The summed E-state index contributed by atoms with van der Waals surface area (Å²) >= 11 is 0. The number of Topliss-reactive ketones (excluding diaryl/α,β-unsaturated/α-hetero) is 1. The van der Waals surface area contributed by atoms with E-state index in [1.807, 2.05) is 24.3 Å². The summed E-state index contributed by atoms with van der Waals surface area (Å²) in [7, 11) is 0. The Kier molecular flexibility index (Phi) is 3.27. The van der Waals surface area contributed by atoms with Crippen LogP contribution in [0.4, 0.5) is 0 Å². The van der Waals surface area contributed by atoms with E-state index in [1.165, 1.54) is 12.5 Å². The fourth-order valence-corrected chi connectivity index (χ4v) is 2.16. The molecule has 1 aromatic rings. The van der Waals surface area contributed by atoms with E-state index in [4.69, 9.17) is 4.74 Å². The lowest BCUT2D eigenvalue weighted by Crippen LogP contribution is -2.15. The molecule has 1 aromatic carbocycles. The normalized spacial score (nSPS) is 23.5. The van der Waals surface area contributed by atoms with Gasteiger partial charge in [-0.1, -0.05) is 31.2 Å². The summed E-state index contributed by atoms with van der Waals surface area (Å²) in [4.78, 5) is 22.8. The zero-order chi connectivity index (χ0) is 12.4. The van der Waals surface area contributed by atoms with E-state index in [1.54, 1.807) is 0 Å². The third-order valence-corrected chi connectivity index (χ3v) is 3.25. The van der Waals surface area contributed by atoms with Gasteiger partial charge in [0, 0.05) is 0 Å². The van der Waals surface area contributed by atoms with Gasteiger partial charge in [-0.05, 0) is 24.5 Å². The molecule has 1 saturated heterocycles. The molecule has 17 heavy (non-hydrogen) atoms. The van der Waals surface area contributed by atoms with Gasteiger partial charge < -0.3 is 4.74 Å². The first kappa shape index (κ1) is 11.8. The van der Waals surface area contributed by atoms with E-state index in [9.17, 15) is 9.59 Å². The molecular formula is C14H16O3. The SMILES string of the molecule is CCc1ccc([C@H]2OC(=O)C[C@@H]2C(C)=O)cc1. The highest BCUT2D eigenvalue weighted by molar-refractivity contribution is 5.86. The minimum Gasteiger partial charge on any atom is -0.457 e. The predicted octanol–water partition coefficient (Wildman–Crippen LogP) is 2.44. The van der Waals surface area contributed by atoms with Crippen molar-refractivity contribution in [2.24, 2.45) is 5.92 Å². The maximum atomic E-state index is 11.5. The number of cyclic esters (lactones) is 1. The van der Waals surface area contributed by atoms with Gasteiger partial charge in [0.15, 0.2) is 0 Å². The molecule has 1 fully saturated rings. The van der Waals surface area contributed by atoms with Crippen LogP contribution in [0.15, 0.2) is 24.3 Å². The summed E-state index contributed by atoms with van der Waals surface area (Å²) in [6.45, 7) is 3.60. The molecular weight excluding hydrogens is 216 g/mol. The zero-order valence-corrected chi connectivity index (χ0v) is 10.1. The quantitative estimate of drug-likeness (QED) is 0.752. The number of benzene rings is 1. The monoisotopic (exact) mass is 232 g/mol. The number of carbonyl (C=O) groups is 2. The molecule has 0 spiro atoms. The fraction of sp³-hybridized carbons (Fsp3) is 0.429. The number of ether oxygens (including phenoxy) is 1. The van der Waals surface area contributed by atoms with Gasteiger partial charge in [-0.25, -0.2) is 0 Å². The van der Waals surface area contributed by atoms with Crippen molar-refractivity contribution in [2.75, 3.05) is 0 Å². The Balaban J connectivity index is 2.25. The molecule has 0 radical (unpaired) electrons. The molecule has 3 nitrogen and oxygen atoms in total. The van der Waals surface area contributed by atoms with Gasteiger partial charge in [0.2, 0.25) is 0 Å². The summed E-state index contributed by atoms with van der Waals surface area (Å²) in [5.74, 6) is -0.592. The van der Waals surface area contributed by atoms with Crippen LogP contribution in [-0.4, -0.2) is 11.8 Å². The Morgan fingerprint density at radius 3 is 2.53 bits per heavy atom. The highest BCUT2D eigenvalue weighted by Crippen LogP contribution is 2.35. The van der Waals surface area contributed by atoms with Crippen LogP contribution in [-0.2, 0) is 20.7 Å². The second kappa shape index (κ2) is 4.70. The molecule has 2 rings (SSSR count). The number of esters is 1. The molecule has 0 saturated carbocycles. The average Bonchev–Trinajstić information content (AvgIpc) is 2.72. The minimum absolute atomic E-state index is 0.0143. The number of aryl methyl sites for hydroxylation is 1. The number of ketones is 1. The largest absolute Gasteiger partial charge is 0.457 e. The van der Waals surface area contributed by atoms with Crippen molar-refractivity contribution in [3.05, 3.63) is 35.4 Å². The molecule has 1 aliphatic heterocycles. The van der Waals surface area contributed by atoms with E-state index in [2.05, 4.69) is 6.92 Å². The third kappa shape index (κ3) is 2.38. The first-order chi connectivity index (χ1) is 8.11. The molecule has 0 amide bonds. The van der Waals surface area contributed by atoms with Crippen LogP contribution in [0.2, 0.25) is 0 Å². The first-order valence-corrected chi connectivity index (χ1v) is 5.90. The van der Waals surface area contributed by atoms with Crippen LogP contribution in [0.25, 0.3) is 0 Å². The second-order valence-corrected chi connectivity index (χ2v) is 4.43. The summed E-state index contributed by atoms with van der Waals surface area (Å²) < 4.78 is 5.24. The molecule has 90 valence electrons. The molecule has 0 unspecified atom stereocenters. The van der Waals surface area contributed by atoms with Crippen molar-refractivity contribution in [3.63, 3.8) is 0 Å². The van der Waals surface area contributed by atoms with Crippen LogP contribution < -0.4 is 0 Å². The molecule has 1 aliphatic rings. The summed E-state index contributed by atoms with van der Waals surface area (Å²) in [5.41, 5.74) is 2.14. The second-order valence-electron chi connectivity index (χ2n) is 4.43. The Morgan fingerprint density at radius 1 is 1.35 bits per heavy atom. The van der Waals surface area contributed by atoms with Gasteiger partial charge in [-0.3, -0.25) is 9.59 Å². The molecule has 0 aromatic heterocycles. The van der Waals surface area contributed by atoms with Gasteiger partial charge in [0.05, 0.1) is 12.3 Å². The first-order valence-electron chi connectivity index (χ1n) is 5.90.